The first kappa shape index (κ1) is 15.2. The van der Waals surface area contributed by atoms with Crippen molar-refractivity contribution in [1.29, 1.82) is 0 Å². The molecule has 0 atom stereocenters. The van der Waals surface area contributed by atoms with E-state index in [2.05, 4.69) is 4.98 Å². The molecule has 1 heterocycles. The molecule has 10 heteroatoms. The van der Waals surface area contributed by atoms with E-state index >= 15 is 0 Å². The minimum Gasteiger partial charge on any atom is -0.408 e. The van der Waals surface area contributed by atoms with E-state index in [1.807, 2.05) is 0 Å². The van der Waals surface area contributed by atoms with Gasteiger partial charge in [0.05, 0.1) is 16.1 Å². The van der Waals surface area contributed by atoms with Crippen molar-refractivity contribution in [3.8, 4) is 0 Å². The third-order valence-corrected chi connectivity index (χ3v) is 4.35. The smallest absolute Gasteiger partial charge is 0.408 e. The fourth-order valence-electron chi connectivity index (χ4n) is 1.90. The topological polar surface area (TPSA) is 92.2 Å². The van der Waals surface area contributed by atoms with Gasteiger partial charge in [-0.2, -0.15) is 0 Å². The maximum Gasteiger partial charge on any atom is 0.417 e. The Kier molecular flexibility index (Phi) is 3.40. The van der Waals surface area contributed by atoms with Gasteiger partial charge < -0.3 is 4.42 Å². The lowest BCUT2D eigenvalue weighted by Crippen LogP contribution is -2.14. The second-order valence-corrected chi connectivity index (χ2v) is 6.18. The summed E-state index contributed by atoms with van der Waals surface area (Å²) in [4.78, 5) is 13.0. The number of aromatic nitrogens is 1. The van der Waals surface area contributed by atoms with Crippen LogP contribution in [0, 0.1) is 17.5 Å². The summed E-state index contributed by atoms with van der Waals surface area (Å²) >= 11 is 0. The second-order valence-electron chi connectivity index (χ2n) is 4.50. The zero-order valence-corrected chi connectivity index (χ0v) is 11.9. The van der Waals surface area contributed by atoms with Crippen LogP contribution in [0.2, 0.25) is 0 Å². The summed E-state index contributed by atoms with van der Waals surface area (Å²) in [5.74, 6) is -5.67. The molecule has 3 rings (SSSR count). The number of oxazole rings is 1. The molecule has 2 N–H and O–H groups in total. The van der Waals surface area contributed by atoms with Gasteiger partial charge in [-0.3, -0.25) is 9.71 Å². The Labute approximate surface area is 126 Å². The number of rotatable bonds is 3. The standard InChI is InChI=1S/C13H7F3N2O4S/c14-7-2-4-9(12(16)11(7)15)18-23(20,21)6-1-3-8-10(5-6)22-13(19)17-8/h1-5,18H,(H,17,19). The van der Waals surface area contributed by atoms with E-state index in [4.69, 9.17) is 4.42 Å². The van der Waals surface area contributed by atoms with Crippen LogP contribution in [-0.4, -0.2) is 13.4 Å². The predicted octanol–water partition coefficient (Wildman–Crippen LogP) is 2.34. The number of sulfonamides is 1. The minimum absolute atomic E-state index is 0.0244. The number of fused-ring (bicyclic) bond motifs is 1. The average molecular weight is 344 g/mol. The van der Waals surface area contributed by atoms with Crippen LogP contribution >= 0.6 is 0 Å². The van der Waals surface area contributed by atoms with Gasteiger partial charge in [-0.1, -0.05) is 0 Å². The second kappa shape index (κ2) is 5.16. The van der Waals surface area contributed by atoms with Gasteiger partial charge in [0.2, 0.25) is 0 Å². The van der Waals surface area contributed by atoms with Crippen molar-refractivity contribution in [2.75, 3.05) is 4.72 Å². The number of anilines is 1. The van der Waals surface area contributed by atoms with Gasteiger partial charge in [0.15, 0.2) is 23.0 Å². The molecule has 0 aliphatic rings. The van der Waals surface area contributed by atoms with Crippen molar-refractivity contribution in [1.82, 2.24) is 4.98 Å². The first-order chi connectivity index (χ1) is 10.8. The first-order valence-electron chi connectivity index (χ1n) is 6.07. The Bertz CT molecular complexity index is 1070. The average Bonchev–Trinajstić information content (AvgIpc) is 2.87. The molecule has 0 saturated carbocycles. The van der Waals surface area contributed by atoms with E-state index in [1.54, 1.807) is 4.72 Å². The zero-order valence-electron chi connectivity index (χ0n) is 11.1. The zero-order chi connectivity index (χ0) is 16.8. The highest BCUT2D eigenvalue weighted by Gasteiger charge is 2.20. The maximum absolute atomic E-state index is 13.6. The van der Waals surface area contributed by atoms with Crippen LogP contribution in [0.1, 0.15) is 0 Å². The van der Waals surface area contributed by atoms with Crippen LogP contribution in [0.25, 0.3) is 11.1 Å². The van der Waals surface area contributed by atoms with Gasteiger partial charge >= 0.3 is 5.76 Å². The fraction of sp³-hybridized carbons (Fsp3) is 0. The molecular formula is C13H7F3N2O4S. The van der Waals surface area contributed by atoms with Crippen LogP contribution < -0.4 is 10.5 Å². The molecule has 0 aliphatic carbocycles. The highest BCUT2D eigenvalue weighted by atomic mass is 32.2. The summed E-state index contributed by atoms with van der Waals surface area (Å²) in [6.45, 7) is 0. The number of H-pyrrole nitrogens is 1. The van der Waals surface area contributed by atoms with Crippen LogP contribution in [0.5, 0.6) is 0 Å². The molecule has 2 aromatic carbocycles. The third-order valence-electron chi connectivity index (χ3n) is 2.98. The summed E-state index contributed by atoms with van der Waals surface area (Å²) in [5, 5.41) is 0. The molecule has 0 amide bonds. The summed E-state index contributed by atoms with van der Waals surface area (Å²) in [5.41, 5.74) is -0.504. The minimum atomic E-state index is -4.30. The van der Waals surface area contributed by atoms with E-state index in [0.29, 0.717) is 6.07 Å². The van der Waals surface area contributed by atoms with Crippen LogP contribution in [0.3, 0.4) is 0 Å². The summed E-state index contributed by atoms with van der Waals surface area (Å²) < 4.78 is 70.4. The number of benzene rings is 2. The quantitative estimate of drug-likeness (QED) is 0.714. The van der Waals surface area contributed by atoms with E-state index in [0.717, 1.165) is 18.2 Å². The van der Waals surface area contributed by atoms with E-state index in [1.165, 1.54) is 6.07 Å². The molecule has 0 aliphatic heterocycles. The molecule has 6 nitrogen and oxygen atoms in total. The van der Waals surface area contributed by atoms with Crippen LogP contribution in [0.4, 0.5) is 18.9 Å². The van der Waals surface area contributed by atoms with Crippen molar-refractivity contribution >= 4 is 26.8 Å². The monoisotopic (exact) mass is 344 g/mol. The molecule has 120 valence electrons. The Balaban J connectivity index is 2.03. The first-order valence-corrected chi connectivity index (χ1v) is 7.55. The number of hydrogen-bond acceptors (Lipinski definition) is 4. The van der Waals surface area contributed by atoms with Crippen LogP contribution in [-0.2, 0) is 10.0 Å². The number of nitrogens with one attached hydrogen (secondary N) is 2. The lowest BCUT2D eigenvalue weighted by atomic mass is 10.3. The third kappa shape index (κ3) is 2.68. The Morgan fingerprint density at radius 3 is 2.52 bits per heavy atom. The Morgan fingerprint density at radius 1 is 1.04 bits per heavy atom. The molecule has 23 heavy (non-hydrogen) atoms. The van der Waals surface area contributed by atoms with Gasteiger partial charge in [0.1, 0.15) is 0 Å². The van der Waals surface area contributed by atoms with E-state index in [9.17, 15) is 26.4 Å². The van der Waals surface area contributed by atoms with Crippen molar-refractivity contribution in [3.05, 3.63) is 58.3 Å². The molecule has 0 fully saturated rings. The molecule has 0 radical (unpaired) electrons. The molecule has 3 aromatic rings. The number of hydrogen-bond donors (Lipinski definition) is 2. The van der Waals surface area contributed by atoms with Crippen molar-refractivity contribution in [2.24, 2.45) is 0 Å². The summed E-state index contributed by atoms with van der Waals surface area (Å²) in [6, 6.07) is 4.78. The lowest BCUT2D eigenvalue weighted by molar-refractivity contribution is 0.449. The summed E-state index contributed by atoms with van der Waals surface area (Å²) in [6.07, 6.45) is 0. The molecule has 0 spiro atoms. The molecule has 0 unspecified atom stereocenters. The molecule has 1 aromatic heterocycles. The van der Waals surface area contributed by atoms with E-state index < -0.39 is 38.9 Å². The normalized spacial score (nSPS) is 11.8. The van der Waals surface area contributed by atoms with Crippen molar-refractivity contribution in [3.63, 3.8) is 0 Å². The molecular weight excluding hydrogens is 337 g/mol. The Hall–Kier alpha value is -2.75. The number of halogens is 3. The van der Waals surface area contributed by atoms with Gasteiger partial charge in [-0.25, -0.2) is 26.4 Å². The molecule has 0 bridgehead atoms. The van der Waals surface area contributed by atoms with Gasteiger partial charge in [0, 0.05) is 6.07 Å². The van der Waals surface area contributed by atoms with Gasteiger partial charge in [-0.15, -0.1) is 0 Å². The highest BCUT2D eigenvalue weighted by Crippen LogP contribution is 2.24. The lowest BCUT2D eigenvalue weighted by Gasteiger charge is -2.09. The largest absolute Gasteiger partial charge is 0.417 e. The van der Waals surface area contributed by atoms with Crippen molar-refractivity contribution in [2.45, 2.75) is 4.90 Å². The van der Waals surface area contributed by atoms with Crippen molar-refractivity contribution < 1.29 is 26.0 Å². The fourth-order valence-corrected chi connectivity index (χ4v) is 2.98. The SMILES string of the molecule is O=c1[nH]c2ccc(S(=O)(=O)Nc3ccc(F)c(F)c3F)cc2o1. The summed E-state index contributed by atoms with van der Waals surface area (Å²) in [7, 11) is -4.30. The molecule has 0 saturated heterocycles. The number of aromatic amines is 1. The van der Waals surface area contributed by atoms with Crippen LogP contribution in [0.15, 0.2) is 44.4 Å². The Morgan fingerprint density at radius 2 is 1.78 bits per heavy atom. The van der Waals surface area contributed by atoms with Gasteiger partial charge in [0.25, 0.3) is 10.0 Å². The van der Waals surface area contributed by atoms with Gasteiger partial charge in [-0.05, 0) is 24.3 Å². The van der Waals surface area contributed by atoms with E-state index in [-0.39, 0.29) is 16.0 Å². The highest BCUT2D eigenvalue weighted by molar-refractivity contribution is 7.92. The predicted molar refractivity (Wildman–Crippen MR) is 74.0 cm³/mol. The maximum atomic E-state index is 13.6.